The van der Waals surface area contributed by atoms with Crippen LogP contribution in [0.15, 0.2) is 47.8 Å². The maximum atomic E-state index is 12.4. The zero-order chi connectivity index (χ0) is 16.8. The molecule has 2 heterocycles. The quantitative estimate of drug-likeness (QED) is 0.808. The summed E-state index contributed by atoms with van der Waals surface area (Å²) in [7, 11) is 1.87. The normalized spacial score (nSPS) is 18.5. The van der Waals surface area contributed by atoms with Gasteiger partial charge in [-0.3, -0.25) is 9.69 Å². The Labute approximate surface area is 147 Å². The fourth-order valence-corrected chi connectivity index (χ4v) is 3.72. The molecular formula is C19H24N2O2S. The van der Waals surface area contributed by atoms with Gasteiger partial charge in [-0.05, 0) is 17.0 Å². The van der Waals surface area contributed by atoms with Crippen LogP contribution in [0, 0.1) is 0 Å². The van der Waals surface area contributed by atoms with Crippen molar-refractivity contribution in [2.24, 2.45) is 0 Å². The molecule has 0 saturated carbocycles. The van der Waals surface area contributed by atoms with E-state index < -0.39 is 0 Å². The van der Waals surface area contributed by atoms with E-state index in [9.17, 15) is 4.79 Å². The van der Waals surface area contributed by atoms with E-state index >= 15 is 0 Å². The highest BCUT2D eigenvalue weighted by Crippen LogP contribution is 2.15. The average molecular weight is 344 g/mol. The highest BCUT2D eigenvalue weighted by molar-refractivity contribution is 7.09. The van der Waals surface area contributed by atoms with Gasteiger partial charge in [-0.15, -0.1) is 11.3 Å². The van der Waals surface area contributed by atoms with Crippen molar-refractivity contribution in [2.75, 3.05) is 26.7 Å². The van der Waals surface area contributed by atoms with Gasteiger partial charge >= 0.3 is 0 Å². The van der Waals surface area contributed by atoms with Crippen LogP contribution in [0.25, 0.3) is 0 Å². The molecule has 1 aromatic heterocycles. The lowest BCUT2D eigenvalue weighted by molar-refractivity contribution is -0.135. The minimum absolute atomic E-state index is 0.0132. The molecule has 5 heteroatoms. The Balaban J connectivity index is 1.48. The predicted octanol–water partition coefficient (Wildman–Crippen LogP) is 3.00. The smallest absolute Gasteiger partial charge is 0.225 e. The fourth-order valence-electron chi connectivity index (χ4n) is 2.96. The van der Waals surface area contributed by atoms with Gasteiger partial charge in [0.15, 0.2) is 0 Å². The van der Waals surface area contributed by atoms with Gasteiger partial charge in [0.1, 0.15) is 0 Å². The minimum Gasteiger partial charge on any atom is -0.375 e. The second-order valence-corrected chi connectivity index (χ2v) is 7.28. The molecule has 0 N–H and O–H groups in total. The Bertz CT molecular complexity index is 630. The van der Waals surface area contributed by atoms with Crippen molar-refractivity contribution >= 4 is 17.2 Å². The van der Waals surface area contributed by atoms with Crippen molar-refractivity contribution in [3.8, 4) is 0 Å². The lowest BCUT2D eigenvalue weighted by atomic mass is 10.1. The lowest BCUT2D eigenvalue weighted by Gasteiger charge is -2.33. The molecule has 128 valence electrons. The number of hydrogen-bond acceptors (Lipinski definition) is 4. The molecule has 1 aromatic carbocycles. The van der Waals surface area contributed by atoms with Crippen molar-refractivity contribution in [3.05, 3.63) is 58.3 Å². The van der Waals surface area contributed by atoms with Crippen LogP contribution in [0.2, 0.25) is 0 Å². The summed E-state index contributed by atoms with van der Waals surface area (Å²) >= 11 is 1.68. The Morgan fingerprint density at radius 2 is 2.12 bits per heavy atom. The third-order valence-electron chi connectivity index (χ3n) is 4.27. The summed E-state index contributed by atoms with van der Waals surface area (Å²) in [5, 5.41) is 2.04. The number of nitrogens with zero attached hydrogens (tertiary/aromatic N) is 2. The van der Waals surface area contributed by atoms with Gasteiger partial charge in [-0.25, -0.2) is 0 Å². The maximum Gasteiger partial charge on any atom is 0.225 e. The number of rotatable bonds is 6. The van der Waals surface area contributed by atoms with Crippen LogP contribution in [0.5, 0.6) is 0 Å². The number of benzene rings is 1. The van der Waals surface area contributed by atoms with Crippen molar-refractivity contribution < 1.29 is 9.53 Å². The van der Waals surface area contributed by atoms with Crippen LogP contribution in [0.1, 0.15) is 16.9 Å². The number of morpholine rings is 1. The first-order valence-electron chi connectivity index (χ1n) is 8.35. The molecule has 24 heavy (non-hydrogen) atoms. The van der Waals surface area contributed by atoms with E-state index in [0.717, 1.165) is 19.6 Å². The molecule has 0 unspecified atom stereocenters. The Kier molecular flexibility index (Phi) is 6.01. The topological polar surface area (TPSA) is 32.8 Å². The molecule has 1 aliphatic heterocycles. The van der Waals surface area contributed by atoms with E-state index in [4.69, 9.17) is 4.74 Å². The van der Waals surface area contributed by atoms with Crippen molar-refractivity contribution in [1.29, 1.82) is 0 Å². The molecule has 0 radical (unpaired) electrons. The monoisotopic (exact) mass is 344 g/mol. The second-order valence-electron chi connectivity index (χ2n) is 6.25. The molecule has 4 nitrogen and oxygen atoms in total. The molecule has 2 aromatic rings. The summed E-state index contributed by atoms with van der Waals surface area (Å²) in [4.78, 5) is 17.8. The van der Waals surface area contributed by atoms with Crippen molar-refractivity contribution in [1.82, 2.24) is 9.80 Å². The number of carbonyl (C=O) groups is 1. The highest BCUT2D eigenvalue weighted by atomic mass is 32.1. The summed E-state index contributed by atoms with van der Waals surface area (Å²) in [6.45, 7) is 4.02. The Hall–Kier alpha value is -1.69. The molecule has 1 atom stereocenters. The van der Waals surface area contributed by atoms with Crippen molar-refractivity contribution in [2.45, 2.75) is 25.6 Å². The summed E-state index contributed by atoms with van der Waals surface area (Å²) in [5.74, 6) is 0.148. The molecule has 0 bridgehead atoms. The zero-order valence-electron chi connectivity index (χ0n) is 14.1. The summed E-state index contributed by atoms with van der Waals surface area (Å²) < 4.78 is 5.82. The predicted molar refractivity (Wildman–Crippen MR) is 96.9 cm³/mol. The summed E-state index contributed by atoms with van der Waals surface area (Å²) in [5.41, 5.74) is 1.30. The number of ether oxygens (including phenoxy) is 1. The van der Waals surface area contributed by atoms with Gasteiger partial charge in [-0.1, -0.05) is 36.4 Å². The third-order valence-corrected chi connectivity index (χ3v) is 5.13. The number of carbonyl (C=O) groups excluding carboxylic acids is 1. The maximum absolute atomic E-state index is 12.4. The van der Waals surface area contributed by atoms with E-state index in [1.165, 1.54) is 10.4 Å². The number of amides is 1. The average Bonchev–Trinajstić information content (AvgIpc) is 3.09. The molecular weight excluding hydrogens is 320 g/mol. The first-order valence-corrected chi connectivity index (χ1v) is 9.23. The van der Waals surface area contributed by atoms with Crippen LogP contribution >= 0.6 is 11.3 Å². The second kappa shape index (κ2) is 8.42. The van der Waals surface area contributed by atoms with Gasteiger partial charge < -0.3 is 9.64 Å². The standard InChI is InChI=1S/C19H24N2O2S/c1-20(15-18-8-5-11-24-18)19(22)12-17-14-21(9-10-23-17)13-16-6-3-2-4-7-16/h2-8,11,17H,9-10,12-15H2,1H3/t17-/m0/s1. The number of hydrogen-bond donors (Lipinski definition) is 0. The molecule has 0 aliphatic carbocycles. The minimum atomic E-state index is -0.0132. The fraction of sp³-hybridized carbons (Fsp3) is 0.421. The molecule has 1 aliphatic rings. The van der Waals surface area contributed by atoms with Crippen LogP contribution in [-0.4, -0.2) is 48.6 Å². The molecule has 1 fully saturated rings. The molecule has 3 rings (SSSR count). The zero-order valence-corrected chi connectivity index (χ0v) is 14.9. The van der Waals surface area contributed by atoms with E-state index in [2.05, 4.69) is 35.2 Å². The largest absolute Gasteiger partial charge is 0.375 e. The lowest BCUT2D eigenvalue weighted by Crippen LogP contribution is -2.44. The first kappa shape index (κ1) is 17.1. The van der Waals surface area contributed by atoms with Gasteiger partial charge in [-0.2, -0.15) is 0 Å². The van der Waals surface area contributed by atoms with Gasteiger partial charge in [0, 0.05) is 31.6 Å². The van der Waals surface area contributed by atoms with Crippen LogP contribution in [-0.2, 0) is 22.6 Å². The first-order chi connectivity index (χ1) is 11.7. The van der Waals surface area contributed by atoms with Gasteiger partial charge in [0.2, 0.25) is 5.91 Å². The number of thiophene rings is 1. The Morgan fingerprint density at radius 1 is 1.29 bits per heavy atom. The van der Waals surface area contributed by atoms with E-state index in [0.29, 0.717) is 19.6 Å². The van der Waals surface area contributed by atoms with E-state index in [1.54, 1.807) is 16.2 Å². The van der Waals surface area contributed by atoms with E-state index in [1.807, 2.05) is 24.6 Å². The summed E-state index contributed by atoms with van der Waals surface area (Å²) in [6, 6.07) is 14.5. The molecule has 0 spiro atoms. The molecule has 1 amide bonds. The summed E-state index contributed by atoms with van der Waals surface area (Å²) in [6.07, 6.45) is 0.438. The van der Waals surface area contributed by atoms with Crippen molar-refractivity contribution in [3.63, 3.8) is 0 Å². The SMILES string of the molecule is CN(Cc1cccs1)C(=O)C[C@H]1CN(Cc2ccccc2)CCO1. The van der Waals surface area contributed by atoms with Gasteiger partial charge in [0.05, 0.1) is 25.7 Å². The molecule has 1 saturated heterocycles. The van der Waals surface area contributed by atoms with Crippen LogP contribution < -0.4 is 0 Å². The third kappa shape index (κ3) is 4.90. The Morgan fingerprint density at radius 3 is 2.88 bits per heavy atom. The highest BCUT2D eigenvalue weighted by Gasteiger charge is 2.24. The van der Waals surface area contributed by atoms with Crippen LogP contribution in [0.4, 0.5) is 0 Å². The van der Waals surface area contributed by atoms with E-state index in [-0.39, 0.29) is 12.0 Å². The van der Waals surface area contributed by atoms with Crippen LogP contribution in [0.3, 0.4) is 0 Å². The van der Waals surface area contributed by atoms with Gasteiger partial charge in [0.25, 0.3) is 0 Å².